The van der Waals surface area contributed by atoms with E-state index in [1.807, 2.05) is 67.8 Å². The maximum absolute atomic E-state index is 10.5. The van der Waals surface area contributed by atoms with E-state index in [1.165, 1.54) is 0 Å². The molecule has 0 fully saturated rings. The van der Waals surface area contributed by atoms with Crippen LogP contribution in [0.15, 0.2) is 0 Å². The van der Waals surface area contributed by atoms with Crippen LogP contribution < -0.4 is 0 Å². The van der Waals surface area contributed by atoms with Gasteiger partial charge in [0.2, 0.25) is 0 Å². The predicted octanol–water partition coefficient (Wildman–Crippen LogP) is 2.59. The Labute approximate surface area is 114 Å². The zero-order valence-corrected chi connectivity index (χ0v) is 13.7. The Morgan fingerprint density at radius 2 is 1.60 bits per heavy atom. The minimum absolute atomic E-state index is 0.499. The van der Waals surface area contributed by atoms with E-state index in [9.17, 15) is 8.42 Å². The van der Waals surface area contributed by atoms with Crippen molar-refractivity contribution >= 4 is 100 Å². The highest BCUT2D eigenvalue weighted by atomic mass is 127. The van der Waals surface area contributed by atoms with E-state index in [0.717, 1.165) is 0 Å². The molecule has 0 saturated carbocycles. The fraction of sp³-hybridized carbons (Fsp3) is 1.00. The molecule has 0 saturated heterocycles. The third-order valence-corrected chi connectivity index (χ3v) is 11.0. The van der Waals surface area contributed by atoms with Crippen molar-refractivity contribution in [3.8, 4) is 0 Å². The summed E-state index contributed by atoms with van der Waals surface area (Å²) in [6, 6.07) is 0. The summed E-state index contributed by atoms with van der Waals surface area (Å²) in [5.74, 6) is 0. The standard InChI is InChI=1S/C2H2I4O3S/c3-1(2(4,5)6)10(7,8)9/h1H,(H,7,8,9). The van der Waals surface area contributed by atoms with Gasteiger partial charge in [-0.15, -0.1) is 0 Å². The number of halogens is 4. The first-order valence-electron chi connectivity index (χ1n) is 1.83. The van der Waals surface area contributed by atoms with E-state index in [1.54, 1.807) is 22.6 Å². The van der Waals surface area contributed by atoms with Crippen LogP contribution in [-0.2, 0) is 10.1 Å². The zero-order chi connectivity index (χ0) is 8.58. The van der Waals surface area contributed by atoms with Gasteiger partial charge in [-0.05, 0) is 0 Å². The lowest BCUT2D eigenvalue weighted by molar-refractivity contribution is 0.483. The van der Waals surface area contributed by atoms with Crippen molar-refractivity contribution in [3.05, 3.63) is 0 Å². The number of rotatable bonds is 2. The fourth-order valence-corrected chi connectivity index (χ4v) is 3.40. The first-order valence-corrected chi connectivity index (χ1v) is 7.81. The van der Waals surface area contributed by atoms with Gasteiger partial charge in [0.05, 0.1) is 0 Å². The Morgan fingerprint density at radius 3 is 1.60 bits per heavy atom. The lowest BCUT2D eigenvalue weighted by Crippen LogP contribution is -2.25. The Morgan fingerprint density at radius 1 is 1.30 bits per heavy atom. The molecule has 0 radical (unpaired) electrons. The quantitative estimate of drug-likeness (QED) is 0.296. The van der Waals surface area contributed by atoms with Gasteiger partial charge in [0.25, 0.3) is 10.1 Å². The van der Waals surface area contributed by atoms with Crippen LogP contribution in [0, 0.1) is 0 Å². The van der Waals surface area contributed by atoms with Gasteiger partial charge >= 0.3 is 0 Å². The van der Waals surface area contributed by atoms with Crippen LogP contribution in [0.25, 0.3) is 0 Å². The highest BCUT2D eigenvalue weighted by Gasteiger charge is 2.37. The van der Waals surface area contributed by atoms with Crippen LogP contribution >= 0.6 is 90.4 Å². The molecule has 1 N–H and O–H groups in total. The van der Waals surface area contributed by atoms with Crippen LogP contribution in [0.5, 0.6) is 0 Å². The fourth-order valence-electron chi connectivity index (χ4n) is 0.169. The molecule has 62 valence electrons. The topological polar surface area (TPSA) is 54.4 Å². The van der Waals surface area contributed by atoms with Crippen molar-refractivity contribution in [3.63, 3.8) is 0 Å². The van der Waals surface area contributed by atoms with Crippen LogP contribution in [0.1, 0.15) is 0 Å². The number of hydrogen-bond donors (Lipinski definition) is 1. The maximum Gasteiger partial charge on any atom is 0.280 e. The monoisotopic (exact) mass is 614 g/mol. The summed E-state index contributed by atoms with van der Waals surface area (Å²) in [7, 11) is -3.90. The molecule has 0 aromatic rings. The SMILES string of the molecule is O=S(=O)(O)C(I)C(I)(I)I. The Hall–Kier alpha value is 2.83. The summed E-state index contributed by atoms with van der Waals surface area (Å²) >= 11 is 7.56. The van der Waals surface area contributed by atoms with Crippen molar-refractivity contribution in [1.82, 2.24) is 0 Å². The van der Waals surface area contributed by atoms with Gasteiger partial charge in [-0.25, -0.2) is 0 Å². The van der Waals surface area contributed by atoms with Gasteiger partial charge in [0, 0.05) is 0 Å². The molecule has 1 atom stereocenters. The highest BCUT2D eigenvalue weighted by molar-refractivity contribution is 14.3. The van der Waals surface area contributed by atoms with Crippen molar-refractivity contribution in [2.45, 2.75) is 2.69 Å². The largest absolute Gasteiger partial charge is 0.285 e. The van der Waals surface area contributed by atoms with Gasteiger partial charge in [-0.3, -0.25) is 4.55 Å². The van der Waals surface area contributed by atoms with Gasteiger partial charge < -0.3 is 0 Å². The average Bonchev–Trinajstić information content (AvgIpc) is 1.59. The smallest absolute Gasteiger partial charge is 0.280 e. The van der Waals surface area contributed by atoms with Crippen molar-refractivity contribution in [2.75, 3.05) is 0 Å². The average molecular weight is 614 g/mol. The summed E-state index contributed by atoms with van der Waals surface area (Å²) in [6.07, 6.45) is 0. The van der Waals surface area contributed by atoms with E-state index in [0.29, 0.717) is 0 Å². The molecule has 8 heteroatoms. The molecule has 0 aliphatic rings. The van der Waals surface area contributed by atoms with E-state index >= 15 is 0 Å². The van der Waals surface area contributed by atoms with Gasteiger partial charge in [0.15, 0.2) is 2.69 Å². The summed E-state index contributed by atoms with van der Waals surface area (Å²) in [5.41, 5.74) is 0. The second-order valence-corrected chi connectivity index (χ2v) is 16.3. The molecule has 0 amide bonds. The Bertz CT molecular complexity index is 203. The summed E-state index contributed by atoms with van der Waals surface area (Å²) in [5, 5.41) is 0. The highest BCUT2D eigenvalue weighted by Crippen LogP contribution is 2.44. The Kier molecular flexibility index (Phi) is 5.60. The molecule has 0 aliphatic heterocycles. The van der Waals surface area contributed by atoms with Crippen LogP contribution in [0.3, 0.4) is 0 Å². The van der Waals surface area contributed by atoms with Crippen LogP contribution in [0.2, 0.25) is 0 Å². The molecule has 3 nitrogen and oxygen atoms in total. The molecule has 0 aliphatic carbocycles. The summed E-state index contributed by atoms with van der Waals surface area (Å²) in [4.78, 5) is 0. The van der Waals surface area contributed by atoms with E-state index in [-0.39, 0.29) is 0 Å². The molecular formula is C2H2I4O3S. The van der Waals surface area contributed by atoms with Gasteiger partial charge in [0.1, 0.15) is 0 Å². The van der Waals surface area contributed by atoms with Gasteiger partial charge in [-0.1, -0.05) is 90.4 Å². The number of alkyl halides is 4. The predicted molar refractivity (Wildman–Crippen MR) is 74.1 cm³/mol. The zero-order valence-electron chi connectivity index (χ0n) is 4.26. The normalized spacial score (nSPS) is 16.9. The molecule has 1 unspecified atom stereocenters. The van der Waals surface area contributed by atoms with E-state index in [4.69, 9.17) is 4.55 Å². The molecule has 0 aromatic carbocycles. The molecule has 10 heavy (non-hydrogen) atoms. The molecule has 0 rings (SSSR count). The molecular weight excluding hydrogens is 612 g/mol. The molecule has 0 spiro atoms. The van der Waals surface area contributed by atoms with E-state index < -0.39 is 12.8 Å². The summed E-state index contributed by atoms with van der Waals surface area (Å²) < 4.78 is 28.3. The minimum atomic E-state index is -3.90. The van der Waals surface area contributed by atoms with E-state index in [2.05, 4.69) is 0 Å². The van der Waals surface area contributed by atoms with Crippen molar-refractivity contribution < 1.29 is 13.0 Å². The Balaban J connectivity index is 4.56. The first-order chi connectivity index (χ1) is 4.15. The third-order valence-electron chi connectivity index (χ3n) is 0.519. The summed E-state index contributed by atoms with van der Waals surface area (Å²) in [6.45, 7) is 0. The maximum atomic E-state index is 10.5. The van der Waals surface area contributed by atoms with Crippen LogP contribution in [0.4, 0.5) is 0 Å². The molecule has 0 aromatic heterocycles. The number of hydrogen-bond acceptors (Lipinski definition) is 2. The second-order valence-electron chi connectivity index (χ2n) is 1.37. The molecule has 0 bridgehead atoms. The van der Waals surface area contributed by atoms with Crippen molar-refractivity contribution in [1.29, 1.82) is 0 Å². The van der Waals surface area contributed by atoms with Gasteiger partial charge in [-0.2, -0.15) is 8.42 Å². The second kappa shape index (κ2) is 4.36. The van der Waals surface area contributed by atoms with Crippen molar-refractivity contribution in [2.24, 2.45) is 0 Å². The van der Waals surface area contributed by atoms with Crippen LogP contribution in [-0.4, -0.2) is 15.7 Å². The molecule has 0 heterocycles. The first kappa shape index (κ1) is 12.8. The third kappa shape index (κ3) is 4.76. The lowest BCUT2D eigenvalue weighted by atomic mass is 11.0. The minimum Gasteiger partial charge on any atom is -0.285 e. The lowest BCUT2D eigenvalue weighted by Gasteiger charge is -2.16.